The Morgan fingerprint density at radius 3 is 2.19 bits per heavy atom. The molecule has 0 fully saturated rings. The van der Waals surface area contributed by atoms with Crippen molar-refractivity contribution >= 4 is 5.97 Å². The molecular formula is C17H9F4IrN2O2-. The number of pyridine rings is 2. The van der Waals surface area contributed by atoms with Crippen LogP contribution in [0.4, 0.5) is 17.6 Å². The number of carboxylic acid groups (broad SMARTS) is 1. The number of carboxylic acids is 1. The molecule has 0 atom stereocenters. The molecule has 0 saturated heterocycles. The van der Waals surface area contributed by atoms with Crippen LogP contribution < -0.4 is 0 Å². The molecule has 4 nitrogen and oxygen atoms in total. The largest absolute Gasteiger partial charge is 0.476 e. The molecule has 0 aliphatic carbocycles. The van der Waals surface area contributed by atoms with Crippen molar-refractivity contribution in [1.82, 2.24) is 9.97 Å². The van der Waals surface area contributed by atoms with Gasteiger partial charge in [0, 0.05) is 26.3 Å². The summed E-state index contributed by atoms with van der Waals surface area (Å²) < 4.78 is 49.2. The third-order valence-corrected chi connectivity index (χ3v) is 2.84. The third-order valence-electron chi connectivity index (χ3n) is 2.84. The molecule has 2 aromatic heterocycles. The summed E-state index contributed by atoms with van der Waals surface area (Å²) in [6.07, 6.45) is 1.79. The molecule has 26 heavy (non-hydrogen) atoms. The van der Waals surface area contributed by atoms with Gasteiger partial charge in [-0.15, -0.1) is 35.9 Å². The van der Waals surface area contributed by atoms with Crippen molar-refractivity contribution in [3.05, 3.63) is 83.8 Å². The average Bonchev–Trinajstić information content (AvgIpc) is 2.65. The number of halogens is 4. The van der Waals surface area contributed by atoms with E-state index in [0.717, 1.165) is 11.3 Å². The number of hydrogen-bond donors (Lipinski definition) is 1. The molecule has 137 valence electrons. The second-order valence-corrected chi connectivity index (χ2v) is 4.49. The van der Waals surface area contributed by atoms with Gasteiger partial charge in [0.1, 0.15) is 0 Å². The molecule has 0 bridgehead atoms. The molecule has 0 aliphatic rings. The fraction of sp³-hybridized carbons (Fsp3) is 0. The second kappa shape index (κ2) is 9.74. The van der Waals surface area contributed by atoms with E-state index < -0.39 is 35.1 Å². The molecular weight excluding hydrogens is 532 g/mol. The predicted molar refractivity (Wildman–Crippen MR) is 79.5 cm³/mol. The Bertz CT molecular complexity index is 843. The van der Waals surface area contributed by atoms with E-state index in [1.165, 1.54) is 0 Å². The van der Waals surface area contributed by atoms with Crippen LogP contribution in [0.5, 0.6) is 0 Å². The van der Waals surface area contributed by atoms with Crippen LogP contribution in [-0.4, -0.2) is 21.0 Å². The Hall–Kier alpha value is -2.64. The molecule has 0 spiro atoms. The molecule has 3 rings (SSSR count). The Balaban J connectivity index is 0.000000251. The number of aromatic nitrogens is 2. The van der Waals surface area contributed by atoms with Gasteiger partial charge in [0.05, 0.1) is 0 Å². The van der Waals surface area contributed by atoms with Crippen molar-refractivity contribution in [2.45, 2.75) is 0 Å². The first-order chi connectivity index (χ1) is 11.9. The molecule has 3 aromatic rings. The number of nitrogens with zero attached hydrogens (tertiary/aromatic N) is 2. The van der Waals surface area contributed by atoms with Crippen LogP contribution in [0.25, 0.3) is 11.3 Å². The number of aromatic carboxylic acids is 1. The molecule has 0 amide bonds. The van der Waals surface area contributed by atoms with Gasteiger partial charge in [0.2, 0.25) is 11.6 Å². The summed E-state index contributed by atoms with van der Waals surface area (Å²) in [4.78, 5) is 16.7. The normalized spacial score (nSPS) is 9.54. The van der Waals surface area contributed by atoms with Crippen LogP contribution in [0.2, 0.25) is 0 Å². The minimum Gasteiger partial charge on any atom is -0.476 e. The summed E-state index contributed by atoms with van der Waals surface area (Å²) in [6, 6.07) is 16.8. The summed E-state index contributed by atoms with van der Waals surface area (Å²) in [7, 11) is 0. The van der Waals surface area contributed by atoms with E-state index >= 15 is 0 Å². The van der Waals surface area contributed by atoms with Crippen molar-refractivity contribution in [3.8, 4) is 11.3 Å². The van der Waals surface area contributed by atoms with E-state index in [0.29, 0.717) is 0 Å². The zero-order valence-corrected chi connectivity index (χ0v) is 15.1. The van der Waals surface area contributed by atoms with Gasteiger partial charge < -0.3 is 10.1 Å². The second-order valence-electron chi connectivity index (χ2n) is 4.49. The van der Waals surface area contributed by atoms with E-state index in [-0.39, 0.29) is 20.1 Å². The van der Waals surface area contributed by atoms with Gasteiger partial charge in [0.15, 0.2) is 11.5 Å². The van der Waals surface area contributed by atoms with Crippen LogP contribution in [-0.2, 0) is 20.1 Å². The van der Waals surface area contributed by atoms with E-state index in [4.69, 9.17) is 5.11 Å². The van der Waals surface area contributed by atoms with Crippen LogP contribution >= 0.6 is 0 Å². The summed E-state index contributed by atoms with van der Waals surface area (Å²) >= 11 is 0. The van der Waals surface area contributed by atoms with Gasteiger partial charge in [-0.25, -0.2) is 18.6 Å². The van der Waals surface area contributed by atoms with Crippen molar-refractivity contribution < 1.29 is 47.6 Å². The van der Waals surface area contributed by atoms with Crippen molar-refractivity contribution in [1.29, 1.82) is 0 Å². The molecule has 1 aromatic carbocycles. The summed E-state index contributed by atoms with van der Waals surface area (Å²) in [5.41, 5.74) is 0.521. The summed E-state index contributed by atoms with van der Waals surface area (Å²) in [5, 5.41) is 8.15. The van der Waals surface area contributed by atoms with Gasteiger partial charge in [0.25, 0.3) is 5.95 Å². The molecule has 2 heterocycles. The van der Waals surface area contributed by atoms with E-state index in [9.17, 15) is 22.4 Å². The number of carbonyl (C=O) groups is 1. The smallest absolute Gasteiger partial charge is 0.357 e. The maximum absolute atomic E-state index is 12.5. The fourth-order valence-corrected chi connectivity index (χ4v) is 1.70. The zero-order valence-electron chi connectivity index (χ0n) is 12.7. The molecule has 0 saturated carbocycles. The van der Waals surface area contributed by atoms with Crippen LogP contribution in [0.3, 0.4) is 0 Å². The predicted octanol–water partition coefficient (Wildman–Crippen LogP) is 3.88. The molecule has 0 unspecified atom stereocenters. The Morgan fingerprint density at radius 2 is 1.65 bits per heavy atom. The first-order valence-corrected chi connectivity index (χ1v) is 6.73. The summed E-state index contributed by atoms with van der Waals surface area (Å²) in [6.45, 7) is 0. The zero-order chi connectivity index (χ0) is 18.4. The van der Waals surface area contributed by atoms with Crippen molar-refractivity contribution in [2.24, 2.45) is 0 Å². The molecule has 0 aliphatic heterocycles. The number of benzene rings is 1. The third kappa shape index (κ3) is 5.18. The Kier molecular flexibility index (Phi) is 8.02. The van der Waals surface area contributed by atoms with Crippen molar-refractivity contribution in [2.75, 3.05) is 0 Å². The first-order valence-electron chi connectivity index (χ1n) is 6.73. The molecule has 1 N–H and O–H groups in total. The first kappa shape index (κ1) is 21.4. The maximum atomic E-state index is 12.5. The van der Waals surface area contributed by atoms with Crippen molar-refractivity contribution in [3.63, 3.8) is 0 Å². The standard InChI is InChI=1S/C11H8N.C6HF4NO2.Ir/c1-2-6-10(7-3-1)11-8-4-5-9-12-11;7-1-2(8)4(6(12)13)11-5(10)3(1)9;/h1-6,8-9H;(H,12,13);/q-1;;. The fourth-order valence-electron chi connectivity index (χ4n) is 1.70. The van der Waals surface area contributed by atoms with Crippen LogP contribution in [0.15, 0.2) is 48.7 Å². The topological polar surface area (TPSA) is 63.1 Å². The molecule has 1 radical (unpaired) electrons. The van der Waals surface area contributed by atoms with Gasteiger partial charge >= 0.3 is 5.97 Å². The molecule has 9 heteroatoms. The van der Waals surface area contributed by atoms with Crippen LogP contribution in [0.1, 0.15) is 10.5 Å². The van der Waals surface area contributed by atoms with Gasteiger partial charge in [-0.05, 0) is 11.8 Å². The maximum Gasteiger partial charge on any atom is 0.357 e. The average molecular weight is 541 g/mol. The minimum absolute atomic E-state index is 0. The van der Waals surface area contributed by atoms with Gasteiger partial charge in [-0.3, -0.25) is 0 Å². The van der Waals surface area contributed by atoms with E-state index in [1.54, 1.807) is 6.20 Å². The Labute approximate surface area is 158 Å². The van der Waals surface area contributed by atoms with E-state index in [2.05, 4.69) is 16.0 Å². The Morgan fingerprint density at radius 1 is 0.962 bits per heavy atom. The SMILES string of the molecule is O=C(O)c1nc(F)c(F)c(F)c1F.[Ir].[c-]1ccccc1-c1ccccn1. The van der Waals surface area contributed by atoms with Crippen LogP contribution in [0, 0.1) is 29.5 Å². The number of rotatable bonds is 2. The van der Waals surface area contributed by atoms with E-state index in [1.807, 2.05) is 42.5 Å². The monoisotopic (exact) mass is 542 g/mol. The quantitative estimate of drug-likeness (QED) is 0.304. The van der Waals surface area contributed by atoms with Gasteiger partial charge in [-0.2, -0.15) is 8.78 Å². The minimum atomic E-state index is -2.19. The summed E-state index contributed by atoms with van der Waals surface area (Å²) in [5.74, 6) is -10.3. The van der Waals surface area contributed by atoms with Gasteiger partial charge in [-0.1, -0.05) is 12.1 Å². The number of hydrogen-bond acceptors (Lipinski definition) is 3.